The number of amides is 1. The minimum Gasteiger partial charge on any atom is -0.381 e. The maximum atomic E-state index is 11.6. The van der Waals surface area contributed by atoms with Gasteiger partial charge in [0.1, 0.15) is 5.92 Å². The van der Waals surface area contributed by atoms with E-state index in [2.05, 4.69) is 0 Å². The van der Waals surface area contributed by atoms with E-state index in [1.165, 1.54) is 0 Å². The number of rotatable bonds is 2. The molecule has 0 radical (unpaired) electrons. The third-order valence-electron chi connectivity index (χ3n) is 2.65. The highest BCUT2D eigenvalue weighted by atomic mass is 16.5. The average Bonchev–Trinajstić information content (AvgIpc) is 2.27. The molecule has 4 heteroatoms. The second kappa shape index (κ2) is 4.97. The summed E-state index contributed by atoms with van der Waals surface area (Å²) in [5.74, 6) is -0.623. The fourth-order valence-corrected chi connectivity index (χ4v) is 1.61. The van der Waals surface area contributed by atoms with Gasteiger partial charge in [-0.05, 0) is 19.8 Å². The summed E-state index contributed by atoms with van der Waals surface area (Å²) in [5, 5.41) is 8.63. The fraction of sp³-hybridized carbons (Fsp3) is 0.800. The summed E-state index contributed by atoms with van der Waals surface area (Å²) in [6.07, 6.45) is 1.75. The predicted molar refractivity (Wildman–Crippen MR) is 51.4 cm³/mol. The van der Waals surface area contributed by atoms with Crippen molar-refractivity contribution in [3.8, 4) is 6.07 Å². The Kier molecular flexibility index (Phi) is 3.90. The number of ether oxygens (including phenoxy) is 1. The van der Waals surface area contributed by atoms with Crippen LogP contribution >= 0.6 is 0 Å². The smallest absolute Gasteiger partial charge is 0.239 e. The van der Waals surface area contributed by atoms with Gasteiger partial charge < -0.3 is 9.64 Å². The van der Waals surface area contributed by atoms with Crippen LogP contribution in [0.3, 0.4) is 0 Å². The van der Waals surface area contributed by atoms with Gasteiger partial charge in [-0.25, -0.2) is 0 Å². The monoisotopic (exact) mass is 196 g/mol. The van der Waals surface area contributed by atoms with Crippen LogP contribution in [0.1, 0.15) is 19.8 Å². The van der Waals surface area contributed by atoms with Crippen LogP contribution in [0, 0.1) is 17.2 Å². The minimum absolute atomic E-state index is 0.0839. The Hall–Kier alpha value is -1.08. The molecule has 0 saturated carbocycles. The molecule has 0 aromatic rings. The highest BCUT2D eigenvalue weighted by molar-refractivity contribution is 5.80. The van der Waals surface area contributed by atoms with Gasteiger partial charge in [0, 0.05) is 26.3 Å². The van der Waals surface area contributed by atoms with Crippen molar-refractivity contribution in [3.63, 3.8) is 0 Å². The van der Waals surface area contributed by atoms with Gasteiger partial charge in [-0.1, -0.05) is 0 Å². The highest BCUT2D eigenvalue weighted by Crippen LogP contribution is 2.14. The molecule has 1 aliphatic rings. The van der Waals surface area contributed by atoms with E-state index in [1.807, 2.05) is 6.07 Å². The Morgan fingerprint density at radius 2 is 2.14 bits per heavy atom. The van der Waals surface area contributed by atoms with Crippen molar-refractivity contribution in [1.29, 1.82) is 5.26 Å². The Labute approximate surface area is 84.4 Å². The first-order valence-electron chi connectivity index (χ1n) is 4.91. The summed E-state index contributed by atoms with van der Waals surface area (Å²) in [6, 6.07) is 2.20. The number of nitrogens with zero attached hydrogens (tertiary/aromatic N) is 2. The zero-order valence-electron chi connectivity index (χ0n) is 8.69. The standard InChI is InChI=1S/C10H16N2O2/c1-8(7-11)10(13)12(2)9-3-5-14-6-4-9/h8-9H,3-6H2,1-2H3. The summed E-state index contributed by atoms with van der Waals surface area (Å²) < 4.78 is 5.21. The molecule has 0 aliphatic carbocycles. The first kappa shape index (κ1) is 11.0. The van der Waals surface area contributed by atoms with Crippen LogP contribution in [0.2, 0.25) is 0 Å². The molecule has 1 aliphatic heterocycles. The molecule has 0 aromatic carbocycles. The van der Waals surface area contributed by atoms with Gasteiger partial charge in [-0.2, -0.15) is 5.26 Å². The first-order valence-corrected chi connectivity index (χ1v) is 4.91. The second-order valence-electron chi connectivity index (χ2n) is 3.64. The van der Waals surface area contributed by atoms with Crippen LogP contribution < -0.4 is 0 Å². The van der Waals surface area contributed by atoms with E-state index in [4.69, 9.17) is 10.00 Å². The van der Waals surface area contributed by atoms with Gasteiger partial charge in [0.2, 0.25) is 5.91 Å². The predicted octanol–water partition coefficient (Wildman–Crippen LogP) is 0.783. The minimum atomic E-state index is -0.539. The molecule has 78 valence electrons. The molecule has 0 spiro atoms. The van der Waals surface area contributed by atoms with Crippen molar-refractivity contribution in [2.45, 2.75) is 25.8 Å². The average molecular weight is 196 g/mol. The number of hydrogen-bond acceptors (Lipinski definition) is 3. The van der Waals surface area contributed by atoms with E-state index >= 15 is 0 Å². The normalized spacial score (nSPS) is 19.8. The summed E-state index contributed by atoms with van der Waals surface area (Å²) in [7, 11) is 1.77. The Morgan fingerprint density at radius 3 is 2.64 bits per heavy atom. The zero-order chi connectivity index (χ0) is 10.6. The van der Waals surface area contributed by atoms with E-state index in [0.29, 0.717) is 13.2 Å². The van der Waals surface area contributed by atoms with E-state index in [-0.39, 0.29) is 11.9 Å². The molecule has 1 atom stereocenters. The molecule has 0 N–H and O–H groups in total. The van der Waals surface area contributed by atoms with Crippen LogP contribution in [0.15, 0.2) is 0 Å². The van der Waals surface area contributed by atoms with E-state index < -0.39 is 5.92 Å². The molecule has 1 saturated heterocycles. The summed E-state index contributed by atoms with van der Waals surface area (Å²) >= 11 is 0. The van der Waals surface area contributed by atoms with E-state index in [9.17, 15) is 4.79 Å². The topological polar surface area (TPSA) is 53.3 Å². The molecule has 1 fully saturated rings. The van der Waals surface area contributed by atoms with E-state index in [0.717, 1.165) is 12.8 Å². The molecule has 0 bridgehead atoms. The van der Waals surface area contributed by atoms with Crippen molar-refractivity contribution in [2.75, 3.05) is 20.3 Å². The molecule has 14 heavy (non-hydrogen) atoms. The summed E-state index contributed by atoms with van der Waals surface area (Å²) in [5.41, 5.74) is 0. The van der Waals surface area contributed by atoms with Crippen molar-refractivity contribution in [1.82, 2.24) is 4.90 Å². The zero-order valence-corrected chi connectivity index (χ0v) is 8.69. The van der Waals surface area contributed by atoms with Crippen molar-refractivity contribution in [3.05, 3.63) is 0 Å². The van der Waals surface area contributed by atoms with Gasteiger partial charge in [-0.3, -0.25) is 4.79 Å². The summed E-state index contributed by atoms with van der Waals surface area (Å²) in [6.45, 7) is 3.06. The lowest BCUT2D eigenvalue weighted by molar-refractivity contribution is -0.135. The number of hydrogen-bond donors (Lipinski definition) is 0. The van der Waals surface area contributed by atoms with Gasteiger partial charge in [0.05, 0.1) is 6.07 Å². The maximum Gasteiger partial charge on any atom is 0.239 e. The van der Waals surface area contributed by atoms with Crippen LogP contribution in [0.4, 0.5) is 0 Å². The van der Waals surface area contributed by atoms with Gasteiger partial charge in [-0.15, -0.1) is 0 Å². The van der Waals surface area contributed by atoms with E-state index in [1.54, 1.807) is 18.9 Å². The Balaban J connectivity index is 2.51. The molecular formula is C10H16N2O2. The van der Waals surface area contributed by atoms with Crippen molar-refractivity contribution < 1.29 is 9.53 Å². The number of nitriles is 1. The van der Waals surface area contributed by atoms with Crippen LogP contribution in [0.5, 0.6) is 0 Å². The third kappa shape index (κ3) is 2.46. The van der Waals surface area contributed by atoms with Gasteiger partial charge in [0.25, 0.3) is 0 Å². The molecule has 4 nitrogen and oxygen atoms in total. The quantitative estimate of drug-likeness (QED) is 0.656. The largest absolute Gasteiger partial charge is 0.381 e. The SMILES string of the molecule is CC(C#N)C(=O)N(C)C1CCOCC1. The summed E-state index contributed by atoms with van der Waals surface area (Å²) in [4.78, 5) is 13.3. The molecule has 1 amide bonds. The van der Waals surface area contributed by atoms with Crippen molar-refractivity contribution >= 4 is 5.91 Å². The van der Waals surface area contributed by atoms with Crippen molar-refractivity contribution in [2.24, 2.45) is 5.92 Å². The Morgan fingerprint density at radius 1 is 1.57 bits per heavy atom. The van der Waals surface area contributed by atoms with Crippen LogP contribution in [-0.4, -0.2) is 37.1 Å². The second-order valence-corrected chi connectivity index (χ2v) is 3.64. The number of carbonyl (C=O) groups excluding carboxylic acids is 1. The van der Waals surface area contributed by atoms with Crippen LogP contribution in [-0.2, 0) is 9.53 Å². The van der Waals surface area contributed by atoms with Gasteiger partial charge >= 0.3 is 0 Å². The third-order valence-corrected chi connectivity index (χ3v) is 2.65. The molecule has 1 heterocycles. The molecular weight excluding hydrogens is 180 g/mol. The fourth-order valence-electron chi connectivity index (χ4n) is 1.61. The maximum absolute atomic E-state index is 11.6. The molecule has 0 aromatic heterocycles. The Bertz CT molecular complexity index is 241. The molecule has 1 rings (SSSR count). The first-order chi connectivity index (χ1) is 6.66. The lowest BCUT2D eigenvalue weighted by atomic mass is 10.1. The lowest BCUT2D eigenvalue weighted by Gasteiger charge is -2.31. The number of carbonyl (C=O) groups is 1. The molecule has 1 unspecified atom stereocenters. The van der Waals surface area contributed by atoms with Gasteiger partial charge in [0.15, 0.2) is 0 Å². The highest BCUT2D eigenvalue weighted by Gasteiger charge is 2.25. The van der Waals surface area contributed by atoms with Crippen LogP contribution in [0.25, 0.3) is 0 Å². The lowest BCUT2D eigenvalue weighted by Crippen LogP contribution is -2.42.